The molecule has 0 unspecified atom stereocenters. The first-order valence-electron chi connectivity index (χ1n) is 7.43. The second-order valence-electron chi connectivity index (χ2n) is 7.15. The van der Waals surface area contributed by atoms with Crippen molar-refractivity contribution in [3.05, 3.63) is 22.8 Å². The summed E-state index contributed by atoms with van der Waals surface area (Å²) >= 11 is 0. The second-order valence-corrected chi connectivity index (χ2v) is 7.15. The second kappa shape index (κ2) is 4.20. The molecule has 0 bridgehead atoms. The first kappa shape index (κ1) is 15.2. The van der Waals surface area contributed by atoms with Crippen LogP contribution in [0.4, 0.5) is 4.79 Å². The molecule has 1 amide bonds. The standard InChI is InChI=1S/C16H21NO5/c1-8-10-9(11(18)15(3,22)16(8)4-5-16)6-14(2,12(10)19)7-17-13(20)21/h6,12,17,19,22H,4-5,7H2,1-3H3,(H,20,21)/t12-,14+,15+/m1/s1. The van der Waals surface area contributed by atoms with Gasteiger partial charge in [-0.3, -0.25) is 4.79 Å². The maximum absolute atomic E-state index is 12.7. The molecule has 1 fully saturated rings. The Bertz CT molecular complexity index is 641. The summed E-state index contributed by atoms with van der Waals surface area (Å²) in [4.78, 5) is 23.4. The molecule has 0 aromatic rings. The van der Waals surface area contributed by atoms with Crippen LogP contribution in [0.3, 0.4) is 0 Å². The van der Waals surface area contributed by atoms with Crippen molar-refractivity contribution in [1.29, 1.82) is 0 Å². The van der Waals surface area contributed by atoms with Crippen LogP contribution in [-0.2, 0) is 4.79 Å². The van der Waals surface area contributed by atoms with Gasteiger partial charge in [0.1, 0.15) is 5.60 Å². The number of amides is 1. The van der Waals surface area contributed by atoms with Gasteiger partial charge in [0.15, 0.2) is 5.78 Å². The molecule has 0 aromatic heterocycles. The number of rotatable bonds is 2. The smallest absolute Gasteiger partial charge is 0.404 e. The molecule has 6 nitrogen and oxygen atoms in total. The molecule has 1 spiro atoms. The van der Waals surface area contributed by atoms with Crippen LogP contribution >= 0.6 is 0 Å². The summed E-state index contributed by atoms with van der Waals surface area (Å²) in [7, 11) is 0. The molecule has 6 heteroatoms. The lowest BCUT2D eigenvalue weighted by Crippen LogP contribution is -2.50. The monoisotopic (exact) mass is 307 g/mol. The van der Waals surface area contributed by atoms with E-state index >= 15 is 0 Å². The van der Waals surface area contributed by atoms with Crippen LogP contribution in [0.15, 0.2) is 22.8 Å². The van der Waals surface area contributed by atoms with Gasteiger partial charge in [-0.05, 0) is 32.3 Å². The molecular formula is C16H21NO5. The topological polar surface area (TPSA) is 107 Å². The number of hydrogen-bond donors (Lipinski definition) is 4. The van der Waals surface area contributed by atoms with Crippen LogP contribution in [0.5, 0.6) is 0 Å². The molecule has 0 radical (unpaired) electrons. The lowest BCUT2D eigenvalue weighted by Gasteiger charge is -2.39. The van der Waals surface area contributed by atoms with Crippen molar-refractivity contribution in [2.75, 3.05) is 6.54 Å². The van der Waals surface area contributed by atoms with E-state index in [4.69, 9.17) is 5.11 Å². The zero-order valence-electron chi connectivity index (χ0n) is 12.9. The Morgan fingerprint density at radius 1 is 1.41 bits per heavy atom. The molecular weight excluding hydrogens is 286 g/mol. The minimum Gasteiger partial charge on any atom is -0.465 e. The highest BCUT2D eigenvalue weighted by molar-refractivity contribution is 6.09. The van der Waals surface area contributed by atoms with E-state index in [-0.39, 0.29) is 12.3 Å². The van der Waals surface area contributed by atoms with Crippen LogP contribution < -0.4 is 5.32 Å². The molecule has 0 aromatic carbocycles. The molecule has 1 saturated carbocycles. The van der Waals surface area contributed by atoms with E-state index in [0.717, 1.165) is 18.4 Å². The first-order valence-corrected chi connectivity index (χ1v) is 7.43. The Morgan fingerprint density at radius 3 is 2.50 bits per heavy atom. The largest absolute Gasteiger partial charge is 0.465 e. The summed E-state index contributed by atoms with van der Waals surface area (Å²) < 4.78 is 0. The van der Waals surface area contributed by atoms with Crippen LogP contribution in [0, 0.1) is 10.8 Å². The van der Waals surface area contributed by atoms with Crippen LogP contribution in [0.25, 0.3) is 0 Å². The number of hydrogen-bond acceptors (Lipinski definition) is 4. The normalized spacial score (nSPS) is 38.9. The third kappa shape index (κ3) is 1.68. The fourth-order valence-corrected chi connectivity index (χ4v) is 4.06. The predicted octanol–water partition coefficient (Wildman–Crippen LogP) is 0.992. The molecule has 0 heterocycles. The van der Waals surface area contributed by atoms with Crippen molar-refractivity contribution < 1.29 is 24.9 Å². The first-order chi connectivity index (χ1) is 10.1. The average molecular weight is 307 g/mol. The fourth-order valence-electron chi connectivity index (χ4n) is 4.06. The summed E-state index contributed by atoms with van der Waals surface area (Å²) in [6.45, 7) is 5.12. The molecule has 22 heavy (non-hydrogen) atoms. The van der Waals surface area contributed by atoms with E-state index in [1.54, 1.807) is 19.9 Å². The van der Waals surface area contributed by atoms with Gasteiger partial charge in [0.05, 0.1) is 6.10 Å². The van der Waals surface area contributed by atoms with Gasteiger partial charge in [-0.1, -0.05) is 18.6 Å². The van der Waals surface area contributed by atoms with Crippen molar-refractivity contribution in [3.63, 3.8) is 0 Å². The molecule has 4 N–H and O–H groups in total. The SMILES string of the molecule is CC1=C2C(=C[C@@](C)(CNC(=O)O)[C@@H]2O)C(=O)[C@](C)(O)C12CC2. The number of fused-ring (bicyclic) bond motifs is 1. The summed E-state index contributed by atoms with van der Waals surface area (Å²) in [6.07, 6.45) is 0.936. The molecule has 3 aliphatic rings. The van der Waals surface area contributed by atoms with Gasteiger partial charge in [-0.2, -0.15) is 0 Å². The number of carboxylic acid groups (broad SMARTS) is 1. The van der Waals surface area contributed by atoms with E-state index in [2.05, 4.69) is 5.32 Å². The van der Waals surface area contributed by atoms with E-state index in [1.807, 2.05) is 6.92 Å². The van der Waals surface area contributed by atoms with Crippen molar-refractivity contribution >= 4 is 11.9 Å². The summed E-state index contributed by atoms with van der Waals surface area (Å²) in [5.41, 5.74) is -1.15. The van der Waals surface area contributed by atoms with Crippen LogP contribution in [-0.4, -0.2) is 45.4 Å². The van der Waals surface area contributed by atoms with Gasteiger partial charge in [0.25, 0.3) is 0 Å². The maximum atomic E-state index is 12.7. The third-order valence-electron chi connectivity index (χ3n) is 5.77. The molecule has 120 valence electrons. The van der Waals surface area contributed by atoms with Crippen molar-refractivity contribution in [3.8, 4) is 0 Å². The number of carbonyl (C=O) groups excluding carboxylic acids is 1. The number of Topliss-reactive ketones (excluding diaryl/α,β-unsaturated/α-hetero) is 1. The Hall–Kier alpha value is -1.66. The number of aliphatic hydroxyl groups excluding tert-OH is 1. The van der Waals surface area contributed by atoms with Gasteiger partial charge < -0.3 is 20.6 Å². The third-order valence-corrected chi connectivity index (χ3v) is 5.77. The number of carbonyl (C=O) groups is 2. The average Bonchev–Trinajstić information content (AvgIpc) is 3.19. The van der Waals surface area contributed by atoms with Gasteiger partial charge >= 0.3 is 6.09 Å². The molecule has 0 aliphatic heterocycles. The Kier molecular flexibility index (Phi) is 2.91. The van der Waals surface area contributed by atoms with Gasteiger partial charge in [-0.15, -0.1) is 0 Å². The highest BCUT2D eigenvalue weighted by atomic mass is 16.4. The minimum atomic E-state index is -1.46. The van der Waals surface area contributed by atoms with Crippen molar-refractivity contribution in [2.24, 2.45) is 10.8 Å². The molecule has 3 atom stereocenters. The van der Waals surface area contributed by atoms with Crippen LogP contribution in [0.2, 0.25) is 0 Å². The lowest BCUT2D eigenvalue weighted by atomic mass is 9.67. The van der Waals surface area contributed by atoms with E-state index < -0.39 is 28.6 Å². The van der Waals surface area contributed by atoms with E-state index in [9.17, 15) is 19.8 Å². The molecule has 3 aliphatic carbocycles. The van der Waals surface area contributed by atoms with Gasteiger partial charge in [-0.25, -0.2) is 4.79 Å². The predicted molar refractivity (Wildman–Crippen MR) is 78.2 cm³/mol. The maximum Gasteiger partial charge on any atom is 0.404 e. The summed E-state index contributed by atoms with van der Waals surface area (Å²) in [6, 6.07) is 0. The van der Waals surface area contributed by atoms with E-state index in [0.29, 0.717) is 11.1 Å². The molecule has 3 rings (SSSR count). The summed E-state index contributed by atoms with van der Waals surface area (Å²) in [5, 5.41) is 32.5. The number of nitrogens with one attached hydrogen (secondary N) is 1. The van der Waals surface area contributed by atoms with Crippen molar-refractivity contribution in [2.45, 2.75) is 45.3 Å². The van der Waals surface area contributed by atoms with Gasteiger partial charge in [0, 0.05) is 22.9 Å². The minimum absolute atomic E-state index is 0.00615. The highest BCUT2D eigenvalue weighted by Gasteiger charge is 2.66. The molecule has 0 saturated heterocycles. The van der Waals surface area contributed by atoms with Crippen molar-refractivity contribution in [1.82, 2.24) is 5.32 Å². The fraction of sp³-hybridized carbons (Fsp3) is 0.625. The zero-order chi connectivity index (χ0) is 16.5. The highest BCUT2D eigenvalue weighted by Crippen LogP contribution is 2.65. The van der Waals surface area contributed by atoms with Crippen LogP contribution in [0.1, 0.15) is 33.6 Å². The summed E-state index contributed by atoms with van der Waals surface area (Å²) in [5.74, 6) is -0.372. The lowest BCUT2D eigenvalue weighted by molar-refractivity contribution is -0.138. The Balaban J connectivity index is 2.08. The quantitative estimate of drug-likeness (QED) is 0.608. The Morgan fingerprint density at radius 2 is 2.00 bits per heavy atom. The van der Waals surface area contributed by atoms with Gasteiger partial charge in [0.2, 0.25) is 0 Å². The number of ketones is 1. The zero-order valence-corrected chi connectivity index (χ0v) is 12.9. The number of aliphatic hydroxyl groups is 2. The Labute approximate surface area is 128 Å². The van der Waals surface area contributed by atoms with E-state index in [1.165, 1.54) is 0 Å².